The highest BCUT2D eigenvalue weighted by atomic mass is 16.7. The lowest BCUT2D eigenvalue weighted by Gasteiger charge is -1.97. The highest BCUT2D eigenvalue weighted by molar-refractivity contribution is 6.01. The first-order valence-electron chi connectivity index (χ1n) is 2.37. The number of nitro groups is 1. The Kier molecular flexibility index (Phi) is 1.25. The molecule has 3 amide bonds. The van der Waals surface area contributed by atoms with Gasteiger partial charge in [-0.2, -0.15) is 0 Å². The third-order valence-electron chi connectivity index (χ3n) is 0.971. The summed E-state index contributed by atoms with van der Waals surface area (Å²) in [6.45, 7) is -0.494. The summed E-state index contributed by atoms with van der Waals surface area (Å²) in [5, 5.41) is 10.9. The van der Waals surface area contributed by atoms with Gasteiger partial charge in [0.1, 0.15) is 0 Å². The summed E-state index contributed by atoms with van der Waals surface area (Å²) >= 11 is 0. The average Bonchev–Trinajstić information content (AvgIpc) is 2.10. The lowest BCUT2D eigenvalue weighted by Crippen LogP contribution is -2.33. The van der Waals surface area contributed by atoms with Gasteiger partial charge in [0.15, 0.2) is 11.6 Å². The Morgan fingerprint density at radius 1 is 1.60 bits per heavy atom. The predicted octanol–water partition coefficient (Wildman–Crippen LogP) is -1.27. The first-order chi connectivity index (χ1) is 4.61. The van der Waals surface area contributed by atoms with E-state index in [1.165, 1.54) is 0 Å². The third kappa shape index (κ3) is 0.879. The van der Waals surface area contributed by atoms with Gasteiger partial charge in [0.25, 0.3) is 5.91 Å². The quantitative estimate of drug-likeness (QED) is 0.283. The fraction of sp³-hybridized carbons (Fsp3) is 0.333. The number of nitrogens with zero attached hydrogens (tertiary/aromatic N) is 2. The van der Waals surface area contributed by atoms with Crippen LogP contribution in [-0.2, 0) is 4.79 Å². The maximum Gasteiger partial charge on any atom is 0.382 e. The first kappa shape index (κ1) is 6.46. The smallest absolute Gasteiger partial charge is 0.272 e. The molecule has 1 saturated heterocycles. The lowest BCUT2D eigenvalue weighted by atomic mass is 10.7. The molecule has 0 atom stereocenters. The number of carbonyl (C=O) groups is 2. The van der Waals surface area contributed by atoms with Crippen LogP contribution in [0.4, 0.5) is 4.79 Å². The molecule has 7 heteroatoms. The Balaban J connectivity index is 2.72. The summed E-state index contributed by atoms with van der Waals surface area (Å²) in [5.41, 5.74) is 0. The molecule has 0 aliphatic carbocycles. The standard InChI is InChI=1S/C3H3N3O4/c7-2-1-5(6(9)10)3(8)4-2/h1H2,(H,4,7,8). The molecule has 0 bridgehead atoms. The molecule has 0 aromatic heterocycles. The van der Waals surface area contributed by atoms with Crippen molar-refractivity contribution in [3.63, 3.8) is 0 Å². The van der Waals surface area contributed by atoms with E-state index in [-0.39, 0.29) is 5.01 Å². The highest BCUT2D eigenvalue weighted by Gasteiger charge is 2.35. The zero-order chi connectivity index (χ0) is 7.72. The normalized spacial score (nSPS) is 17.4. The summed E-state index contributed by atoms with van der Waals surface area (Å²) in [6.07, 6.45) is 0. The SMILES string of the molecule is O=C1CN([N+](=O)[O-])C(=O)N1. The minimum atomic E-state index is -0.977. The van der Waals surface area contributed by atoms with Gasteiger partial charge in [0.2, 0.25) is 0 Å². The minimum Gasteiger partial charge on any atom is -0.272 e. The second kappa shape index (κ2) is 1.94. The van der Waals surface area contributed by atoms with Crippen LogP contribution >= 0.6 is 0 Å². The van der Waals surface area contributed by atoms with Gasteiger partial charge in [0, 0.05) is 0 Å². The van der Waals surface area contributed by atoms with Crippen LogP contribution in [0.15, 0.2) is 0 Å². The number of rotatable bonds is 1. The Morgan fingerprint density at radius 3 is 2.40 bits per heavy atom. The Morgan fingerprint density at radius 2 is 2.20 bits per heavy atom. The van der Waals surface area contributed by atoms with E-state index in [1.54, 1.807) is 5.32 Å². The number of urea groups is 1. The number of hydrazine groups is 1. The summed E-state index contributed by atoms with van der Waals surface area (Å²) in [5.74, 6) is -0.651. The summed E-state index contributed by atoms with van der Waals surface area (Å²) in [7, 11) is 0. The maximum atomic E-state index is 10.4. The second-order valence-electron chi connectivity index (χ2n) is 1.65. The van der Waals surface area contributed by atoms with Crippen LogP contribution in [0, 0.1) is 10.1 Å². The molecule has 1 heterocycles. The average molecular weight is 145 g/mol. The molecule has 7 nitrogen and oxygen atoms in total. The number of carbonyl (C=O) groups excluding carboxylic acids is 2. The van der Waals surface area contributed by atoms with Gasteiger partial charge in [-0.05, 0) is 5.01 Å². The molecular formula is C3H3N3O4. The van der Waals surface area contributed by atoms with E-state index in [4.69, 9.17) is 0 Å². The molecule has 0 saturated carbocycles. The van der Waals surface area contributed by atoms with E-state index < -0.39 is 23.5 Å². The number of imide groups is 1. The molecule has 0 unspecified atom stereocenters. The Hall–Kier alpha value is -1.66. The van der Waals surface area contributed by atoms with Crippen LogP contribution < -0.4 is 5.32 Å². The molecule has 0 radical (unpaired) electrons. The van der Waals surface area contributed by atoms with Crippen molar-refractivity contribution < 1.29 is 14.6 Å². The van der Waals surface area contributed by atoms with Crippen molar-refractivity contribution in [3.05, 3.63) is 10.1 Å². The van der Waals surface area contributed by atoms with E-state index >= 15 is 0 Å². The molecule has 54 valence electrons. The largest absolute Gasteiger partial charge is 0.382 e. The van der Waals surface area contributed by atoms with Gasteiger partial charge in [-0.15, -0.1) is 0 Å². The van der Waals surface area contributed by atoms with Crippen molar-refractivity contribution in [2.24, 2.45) is 0 Å². The fourth-order valence-electron chi connectivity index (χ4n) is 0.563. The van der Waals surface area contributed by atoms with Crippen molar-refractivity contribution in [3.8, 4) is 0 Å². The molecular weight excluding hydrogens is 142 g/mol. The fourth-order valence-corrected chi connectivity index (χ4v) is 0.563. The molecule has 1 N–H and O–H groups in total. The third-order valence-corrected chi connectivity index (χ3v) is 0.971. The molecule has 1 aliphatic rings. The number of hydrogen-bond donors (Lipinski definition) is 1. The van der Waals surface area contributed by atoms with Crippen LogP contribution in [0.25, 0.3) is 0 Å². The zero-order valence-electron chi connectivity index (χ0n) is 4.73. The topological polar surface area (TPSA) is 92.6 Å². The predicted molar refractivity (Wildman–Crippen MR) is 27.2 cm³/mol. The van der Waals surface area contributed by atoms with Crippen molar-refractivity contribution in [2.45, 2.75) is 0 Å². The van der Waals surface area contributed by atoms with E-state index in [1.807, 2.05) is 0 Å². The van der Waals surface area contributed by atoms with E-state index in [0.717, 1.165) is 0 Å². The van der Waals surface area contributed by atoms with Gasteiger partial charge in [-0.3, -0.25) is 10.1 Å². The second-order valence-corrected chi connectivity index (χ2v) is 1.65. The molecule has 1 aliphatic heterocycles. The minimum absolute atomic E-state index is 0.211. The highest BCUT2D eigenvalue weighted by Crippen LogP contribution is 1.96. The Bertz CT molecular complexity index is 212. The van der Waals surface area contributed by atoms with Crippen molar-refractivity contribution in [1.82, 2.24) is 10.3 Å². The van der Waals surface area contributed by atoms with Gasteiger partial charge in [-0.1, -0.05) is 0 Å². The van der Waals surface area contributed by atoms with Gasteiger partial charge < -0.3 is 0 Å². The molecule has 0 spiro atoms. The summed E-state index contributed by atoms with van der Waals surface area (Å²) in [6, 6.07) is -0.977. The van der Waals surface area contributed by atoms with Gasteiger partial charge in [0.05, 0.1) is 0 Å². The molecule has 0 aromatic carbocycles. The molecule has 1 rings (SSSR count). The van der Waals surface area contributed by atoms with E-state index in [2.05, 4.69) is 0 Å². The van der Waals surface area contributed by atoms with E-state index in [9.17, 15) is 19.7 Å². The van der Waals surface area contributed by atoms with Crippen molar-refractivity contribution >= 4 is 11.9 Å². The van der Waals surface area contributed by atoms with Crippen LogP contribution in [0.3, 0.4) is 0 Å². The van der Waals surface area contributed by atoms with Crippen LogP contribution in [0.1, 0.15) is 0 Å². The summed E-state index contributed by atoms with van der Waals surface area (Å²) < 4.78 is 0. The Labute approximate surface area is 54.7 Å². The van der Waals surface area contributed by atoms with Crippen molar-refractivity contribution in [1.29, 1.82) is 0 Å². The first-order valence-corrected chi connectivity index (χ1v) is 2.37. The monoisotopic (exact) mass is 145 g/mol. The number of nitrogens with one attached hydrogen (secondary N) is 1. The van der Waals surface area contributed by atoms with Crippen LogP contribution in [0.2, 0.25) is 0 Å². The van der Waals surface area contributed by atoms with E-state index in [0.29, 0.717) is 0 Å². The van der Waals surface area contributed by atoms with Gasteiger partial charge >= 0.3 is 6.03 Å². The maximum absolute atomic E-state index is 10.4. The lowest BCUT2D eigenvalue weighted by molar-refractivity contribution is -0.627. The zero-order valence-corrected chi connectivity index (χ0v) is 4.73. The number of hydrogen-bond acceptors (Lipinski definition) is 4. The summed E-state index contributed by atoms with van der Waals surface area (Å²) in [4.78, 5) is 30.5. The molecule has 0 aromatic rings. The van der Waals surface area contributed by atoms with Gasteiger partial charge in [-0.25, -0.2) is 14.9 Å². The molecule has 10 heavy (non-hydrogen) atoms. The molecule has 1 fully saturated rings. The van der Waals surface area contributed by atoms with Crippen LogP contribution in [0.5, 0.6) is 0 Å². The van der Waals surface area contributed by atoms with Crippen molar-refractivity contribution in [2.75, 3.05) is 6.54 Å². The van der Waals surface area contributed by atoms with Crippen LogP contribution in [-0.4, -0.2) is 28.5 Å². The number of amides is 3.